The van der Waals surface area contributed by atoms with E-state index in [4.69, 9.17) is 23.2 Å². The standard InChI is InChI=1S/C22H22Cl2N4O2/c1-26-18-8-3-2-7-17(18)20(24)21(26)22(30)25-14-19(29)28-11-9-27(10-12-28)16-6-4-5-15(23)13-16/h2-8,13H,9-12,14H2,1H3,(H,25,30). The monoisotopic (exact) mass is 444 g/mol. The molecule has 2 heterocycles. The highest BCUT2D eigenvalue weighted by Gasteiger charge is 2.24. The van der Waals surface area contributed by atoms with E-state index in [9.17, 15) is 9.59 Å². The van der Waals surface area contributed by atoms with E-state index in [-0.39, 0.29) is 18.4 Å². The first kappa shape index (κ1) is 20.6. The third-order valence-corrected chi connectivity index (χ3v) is 6.08. The lowest BCUT2D eigenvalue weighted by Gasteiger charge is -2.36. The highest BCUT2D eigenvalue weighted by molar-refractivity contribution is 6.38. The molecule has 8 heteroatoms. The van der Waals surface area contributed by atoms with Gasteiger partial charge in [0, 0.05) is 54.8 Å². The van der Waals surface area contributed by atoms with Gasteiger partial charge in [0.15, 0.2) is 0 Å². The lowest BCUT2D eigenvalue weighted by Crippen LogP contribution is -2.51. The number of anilines is 1. The minimum absolute atomic E-state index is 0.0617. The molecule has 0 unspecified atom stereocenters. The van der Waals surface area contributed by atoms with Crippen LogP contribution < -0.4 is 10.2 Å². The molecule has 0 aliphatic carbocycles. The van der Waals surface area contributed by atoms with Crippen LogP contribution in [0.3, 0.4) is 0 Å². The van der Waals surface area contributed by atoms with Crippen LogP contribution in [0.15, 0.2) is 48.5 Å². The molecule has 0 radical (unpaired) electrons. The number of para-hydroxylation sites is 1. The fourth-order valence-electron chi connectivity index (χ4n) is 3.84. The van der Waals surface area contributed by atoms with Crippen LogP contribution in [0.25, 0.3) is 10.9 Å². The number of aromatic nitrogens is 1. The normalized spacial score (nSPS) is 14.2. The Hall–Kier alpha value is -2.70. The van der Waals surface area contributed by atoms with E-state index in [0.29, 0.717) is 28.8 Å². The number of amides is 2. The van der Waals surface area contributed by atoms with Crippen molar-refractivity contribution in [2.45, 2.75) is 0 Å². The number of piperazine rings is 1. The van der Waals surface area contributed by atoms with Crippen LogP contribution in [0, 0.1) is 0 Å². The molecule has 1 aromatic heterocycles. The molecule has 4 rings (SSSR count). The average molecular weight is 445 g/mol. The minimum atomic E-state index is -0.357. The van der Waals surface area contributed by atoms with Crippen LogP contribution in [0.4, 0.5) is 5.69 Å². The van der Waals surface area contributed by atoms with Crippen molar-refractivity contribution in [3.63, 3.8) is 0 Å². The summed E-state index contributed by atoms with van der Waals surface area (Å²) in [5.74, 6) is -0.464. The summed E-state index contributed by atoms with van der Waals surface area (Å²) >= 11 is 12.5. The van der Waals surface area contributed by atoms with Gasteiger partial charge in [0.25, 0.3) is 5.91 Å². The second-order valence-electron chi connectivity index (χ2n) is 7.27. The summed E-state index contributed by atoms with van der Waals surface area (Å²) in [6.07, 6.45) is 0. The van der Waals surface area contributed by atoms with Gasteiger partial charge in [-0.25, -0.2) is 0 Å². The smallest absolute Gasteiger partial charge is 0.269 e. The summed E-state index contributed by atoms with van der Waals surface area (Å²) in [6.45, 7) is 2.56. The zero-order chi connectivity index (χ0) is 21.3. The highest BCUT2D eigenvalue weighted by atomic mass is 35.5. The maximum absolute atomic E-state index is 12.7. The molecule has 2 aromatic carbocycles. The van der Waals surface area contributed by atoms with E-state index < -0.39 is 0 Å². The van der Waals surface area contributed by atoms with Gasteiger partial charge in [0.05, 0.1) is 11.6 Å². The van der Waals surface area contributed by atoms with Gasteiger partial charge < -0.3 is 19.7 Å². The molecule has 2 amide bonds. The average Bonchev–Trinajstić information content (AvgIpc) is 3.02. The largest absolute Gasteiger partial charge is 0.368 e. The molecule has 6 nitrogen and oxygen atoms in total. The first-order valence-electron chi connectivity index (χ1n) is 9.75. The number of nitrogens with one attached hydrogen (secondary N) is 1. The zero-order valence-corrected chi connectivity index (χ0v) is 18.1. The Kier molecular flexibility index (Phi) is 5.88. The van der Waals surface area contributed by atoms with Crippen molar-refractivity contribution in [3.05, 3.63) is 64.3 Å². The second-order valence-corrected chi connectivity index (χ2v) is 8.08. The topological polar surface area (TPSA) is 57.6 Å². The Bertz CT molecular complexity index is 1060. The summed E-state index contributed by atoms with van der Waals surface area (Å²) in [6, 6.07) is 15.2. The van der Waals surface area contributed by atoms with E-state index >= 15 is 0 Å². The van der Waals surface area contributed by atoms with E-state index in [0.717, 1.165) is 29.7 Å². The molecule has 156 valence electrons. The molecule has 1 fully saturated rings. The molecule has 0 saturated carbocycles. The summed E-state index contributed by atoms with van der Waals surface area (Å²) in [5, 5.41) is 4.63. The summed E-state index contributed by atoms with van der Waals surface area (Å²) in [4.78, 5) is 29.3. The number of halogens is 2. The maximum Gasteiger partial charge on any atom is 0.269 e. The fourth-order valence-corrected chi connectivity index (χ4v) is 4.39. The van der Waals surface area contributed by atoms with Crippen LogP contribution in [0.5, 0.6) is 0 Å². The van der Waals surface area contributed by atoms with Crippen LogP contribution in [-0.2, 0) is 11.8 Å². The van der Waals surface area contributed by atoms with Crippen molar-refractivity contribution in [3.8, 4) is 0 Å². The number of fused-ring (bicyclic) bond motifs is 1. The van der Waals surface area contributed by atoms with E-state index in [1.807, 2.05) is 48.5 Å². The molecule has 1 aliphatic rings. The quantitative estimate of drug-likeness (QED) is 0.668. The van der Waals surface area contributed by atoms with Crippen LogP contribution in [0.2, 0.25) is 10.0 Å². The number of benzene rings is 2. The molecule has 1 N–H and O–H groups in total. The van der Waals surface area contributed by atoms with Gasteiger partial charge in [-0.2, -0.15) is 0 Å². The Labute approximate surface area is 185 Å². The number of carbonyl (C=O) groups excluding carboxylic acids is 2. The van der Waals surface area contributed by atoms with E-state index in [1.54, 1.807) is 16.5 Å². The van der Waals surface area contributed by atoms with Crippen molar-refractivity contribution in [1.29, 1.82) is 0 Å². The van der Waals surface area contributed by atoms with Crippen molar-refractivity contribution in [1.82, 2.24) is 14.8 Å². The van der Waals surface area contributed by atoms with Crippen molar-refractivity contribution >= 4 is 51.6 Å². The van der Waals surface area contributed by atoms with Crippen LogP contribution in [0.1, 0.15) is 10.5 Å². The highest BCUT2D eigenvalue weighted by Crippen LogP contribution is 2.29. The van der Waals surface area contributed by atoms with Crippen molar-refractivity contribution in [2.75, 3.05) is 37.6 Å². The summed E-state index contributed by atoms with van der Waals surface area (Å²) in [5.41, 5.74) is 2.28. The van der Waals surface area contributed by atoms with Gasteiger partial charge in [-0.05, 0) is 24.3 Å². The molecule has 3 aromatic rings. The predicted octanol–water partition coefficient (Wildman–Crippen LogP) is 3.56. The first-order chi connectivity index (χ1) is 14.5. The molecule has 30 heavy (non-hydrogen) atoms. The fraction of sp³-hybridized carbons (Fsp3) is 0.273. The summed E-state index contributed by atoms with van der Waals surface area (Å²) in [7, 11) is 1.79. The third kappa shape index (κ3) is 3.98. The van der Waals surface area contributed by atoms with Gasteiger partial charge in [0.2, 0.25) is 5.91 Å². The Morgan fingerprint density at radius 3 is 2.43 bits per heavy atom. The van der Waals surface area contributed by atoms with Gasteiger partial charge in [-0.1, -0.05) is 47.5 Å². The maximum atomic E-state index is 12.7. The Morgan fingerprint density at radius 2 is 1.73 bits per heavy atom. The molecule has 0 atom stereocenters. The number of hydrogen-bond acceptors (Lipinski definition) is 3. The minimum Gasteiger partial charge on any atom is -0.368 e. The zero-order valence-electron chi connectivity index (χ0n) is 16.6. The third-order valence-electron chi connectivity index (χ3n) is 5.47. The predicted molar refractivity (Wildman–Crippen MR) is 121 cm³/mol. The molecule has 0 bridgehead atoms. The van der Waals surface area contributed by atoms with Gasteiger partial charge in [-0.3, -0.25) is 9.59 Å². The SMILES string of the molecule is Cn1c(C(=O)NCC(=O)N2CCN(c3cccc(Cl)c3)CC2)c(Cl)c2ccccc21. The van der Waals surface area contributed by atoms with Crippen molar-refractivity contribution < 1.29 is 9.59 Å². The number of aryl methyl sites for hydroxylation is 1. The first-order valence-corrected chi connectivity index (χ1v) is 10.5. The second kappa shape index (κ2) is 8.58. The molecule has 1 aliphatic heterocycles. The Morgan fingerprint density at radius 1 is 1.00 bits per heavy atom. The van der Waals surface area contributed by atoms with Crippen LogP contribution >= 0.6 is 23.2 Å². The van der Waals surface area contributed by atoms with Gasteiger partial charge in [0.1, 0.15) is 5.69 Å². The van der Waals surface area contributed by atoms with Gasteiger partial charge in [-0.15, -0.1) is 0 Å². The number of carbonyl (C=O) groups is 2. The van der Waals surface area contributed by atoms with Crippen LogP contribution in [-0.4, -0.2) is 54.0 Å². The lowest BCUT2D eigenvalue weighted by atomic mass is 10.2. The van der Waals surface area contributed by atoms with Crippen molar-refractivity contribution in [2.24, 2.45) is 7.05 Å². The van der Waals surface area contributed by atoms with Gasteiger partial charge >= 0.3 is 0 Å². The molecule has 0 spiro atoms. The van der Waals surface area contributed by atoms with E-state index in [1.165, 1.54) is 0 Å². The van der Waals surface area contributed by atoms with E-state index in [2.05, 4.69) is 10.2 Å². The molecule has 1 saturated heterocycles. The number of hydrogen-bond donors (Lipinski definition) is 1. The molecular formula is C22H22Cl2N4O2. The number of rotatable bonds is 4. The summed E-state index contributed by atoms with van der Waals surface area (Å²) < 4.78 is 1.75. The number of nitrogens with zero attached hydrogens (tertiary/aromatic N) is 3. The lowest BCUT2D eigenvalue weighted by molar-refractivity contribution is -0.130. The Balaban J connectivity index is 1.35. The molecular weight excluding hydrogens is 423 g/mol.